The summed E-state index contributed by atoms with van der Waals surface area (Å²) < 4.78 is 11.9. The molecule has 1 aliphatic heterocycles. The number of nitrogens with zero attached hydrogens (tertiary/aromatic N) is 4. The number of anilines is 1. The van der Waals surface area contributed by atoms with Crippen LogP contribution in [0, 0.1) is 0 Å². The molecule has 32 heavy (non-hydrogen) atoms. The molecule has 1 fully saturated rings. The summed E-state index contributed by atoms with van der Waals surface area (Å²) in [5.41, 5.74) is 0.857. The summed E-state index contributed by atoms with van der Waals surface area (Å²) in [6, 6.07) is 15.3. The van der Waals surface area contributed by atoms with Gasteiger partial charge in [-0.3, -0.25) is 9.59 Å². The van der Waals surface area contributed by atoms with Crippen LogP contribution in [0.1, 0.15) is 10.4 Å². The Hall–Kier alpha value is -3.52. The predicted molar refractivity (Wildman–Crippen MR) is 123 cm³/mol. The molecule has 9 heteroatoms. The quantitative estimate of drug-likeness (QED) is 0.590. The first-order valence-electron chi connectivity index (χ1n) is 10.1. The molecule has 0 atom stereocenters. The summed E-state index contributed by atoms with van der Waals surface area (Å²) in [6.07, 6.45) is 0. The number of hydrogen-bond acceptors (Lipinski definition) is 6. The maximum atomic E-state index is 13.1. The Morgan fingerprint density at radius 3 is 2.44 bits per heavy atom. The predicted octanol–water partition coefficient (Wildman–Crippen LogP) is 2.87. The first-order valence-corrected chi connectivity index (χ1v) is 10.5. The van der Waals surface area contributed by atoms with Gasteiger partial charge in [-0.2, -0.15) is 4.68 Å². The standard InChI is InChI=1S/C23H23ClN4O4/c1-31-18-6-7-19(20(15-18)32-2)23(30)27-12-10-26(11-13-27)21-8-9-22(29)28(25-21)17-5-3-4-16(24)14-17/h3-9,14-15H,10-13H2,1-2H3. The van der Waals surface area contributed by atoms with E-state index in [1.165, 1.54) is 17.9 Å². The average molecular weight is 455 g/mol. The highest BCUT2D eigenvalue weighted by molar-refractivity contribution is 6.30. The normalized spacial score (nSPS) is 13.7. The molecule has 3 aromatic rings. The van der Waals surface area contributed by atoms with Gasteiger partial charge in [0.05, 0.1) is 25.5 Å². The lowest BCUT2D eigenvalue weighted by Gasteiger charge is -2.35. The van der Waals surface area contributed by atoms with Gasteiger partial charge in [0.1, 0.15) is 17.3 Å². The fourth-order valence-electron chi connectivity index (χ4n) is 3.65. The molecule has 0 saturated carbocycles. The fourth-order valence-corrected chi connectivity index (χ4v) is 3.83. The number of piperazine rings is 1. The molecule has 0 radical (unpaired) electrons. The van der Waals surface area contributed by atoms with E-state index < -0.39 is 0 Å². The molecule has 4 rings (SSSR count). The lowest BCUT2D eigenvalue weighted by atomic mass is 10.1. The number of aromatic nitrogens is 2. The van der Waals surface area contributed by atoms with Crippen molar-refractivity contribution >= 4 is 23.3 Å². The van der Waals surface area contributed by atoms with Crippen molar-refractivity contribution in [3.63, 3.8) is 0 Å². The van der Waals surface area contributed by atoms with Gasteiger partial charge in [-0.25, -0.2) is 0 Å². The topological polar surface area (TPSA) is 76.9 Å². The minimum atomic E-state index is -0.239. The molecule has 8 nitrogen and oxygen atoms in total. The lowest BCUT2D eigenvalue weighted by Crippen LogP contribution is -2.49. The third-order valence-electron chi connectivity index (χ3n) is 5.37. The molecule has 1 saturated heterocycles. The Balaban J connectivity index is 1.49. The number of rotatable bonds is 5. The second kappa shape index (κ2) is 9.32. The van der Waals surface area contributed by atoms with Crippen LogP contribution in [0.5, 0.6) is 11.5 Å². The number of benzene rings is 2. The summed E-state index contributed by atoms with van der Waals surface area (Å²) in [5, 5.41) is 5.05. The maximum absolute atomic E-state index is 13.1. The average Bonchev–Trinajstić information content (AvgIpc) is 2.83. The van der Waals surface area contributed by atoms with Crippen LogP contribution in [0.2, 0.25) is 5.02 Å². The Morgan fingerprint density at radius 2 is 1.75 bits per heavy atom. The smallest absolute Gasteiger partial charge is 0.271 e. The first kappa shape index (κ1) is 21.7. The van der Waals surface area contributed by atoms with Gasteiger partial charge < -0.3 is 19.3 Å². The third kappa shape index (κ3) is 4.40. The number of halogens is 1. The van der Waals surface area contributed by atoms with Crippen molar-refractivity contribution in [3.05, 3.63) is 75.5 Å². The molecule has 1 aliphatic rings. The van der Waals surface area contributed by atoms with Crippen molar-refractivity contribution in [3.8, 4) is 17.2 Å². The van der Waals surface area contributed by atoms with Crippen molar-refractivity contribution in [1.29, 1.82) is 0 Å². The monoisotopic (exact) mass is 454 g/mol. The van der Waals surface area contributed by atoms with Gasteiger partial charge in [-0.15, -0.1) is 5.10 Å². The van der Waals surface area contributed by atoms with Crippen molar-refractivity contribution in [2.75, 3.05) is 45.3 Å². The summed E-state index contributed by atoms with van der Waals surface area (Å²) in [5.74, 6) is 1.68. The van der Waals surface area contributed by atoms with Gasteiger partial charge in [0.15, 0.2) is 0 Å². The second-order valence-electron chi connectivity index (χ2n) is 7.27. The number of hydrogen-bond donors (Lipinski definition) is 0. The third-order valence-corrected chi connectivity index (χ3v) is 5.60. The van der Waals surface area contributed by atoms with E-state index in [0.29, 0.717) is 59.8 Å². The Kier molecular flexibility index (Phi) is 6.32. The molecule has 0 unspecified atom stereocenters. The Labute approximate surface area is 190 Å². The zero-order chi connectivity index (χ0) is 22.7. The van der Waals surface area contributed by atoms with Crippen LogP contribution in [0.15, 0.2) is 59.4 Å². The SMILES string of the molecule is COc1ccc(C(=O)N2CCN(c3ccc(=O)n(-c4cccc(Cl)c4)n3)CC2)c(OC)c1. The van der Waals surface area contributed by atoms with E-state index in [-0.39, 0.29) is 11.5 Å². The first-order chi connectivity index (χ1) is 15.5. The molecule has 1 amide bonds. The summed E-state index contributed by atoms with van der Waals surface area (Å²) >= 11 is 6.06. The molecule has 0 bridgehead atoms. The molecular formula is C23H23ClN4O4. The largest absolute Gasteiger partial charge is 0.497 e. The number of methoxy groups -OCH3 is 2. The van der Waals surface area contributed by atoms with Gasteiger partial charge in [0.25, 0.3) is 11.5 Å². The van der Waals surface area contributed by atoms with Crippen LogP contribution in [0.25, 0.3) is 5.69 Å². The molecule has 2 heterocycles. The van der Waals surface area contributed by atoms with Gasteiger partial charge >= 0.3 is 0 Å². The van der Waals surface area contributed by atoms with E-state index in [1.54, 1.807) is 60.5 Å². The maximum Gasteiger partial charge on any atom is 0.271 e. The number of carbonyl (C=O) groups is 1. The second-order valence-corrected chi connectivity index (χ2v) is 7.70. The van der Waals surface area contributed by atoms with Crippen molar-refractivity contribution < 1.29 is 14.3 Å². The van der Waals surface area contributed by atoms with Gasteiger partial charge in [-0.05, 0) is 36.4 Å². The van der Waals surface area contributed by atoms with Crippen LogP contribution < -0.4 is 19.9 Å². The highest BCUT2D eigenvalue weighted by Gasteiger charge is 2.25. The van der Waals surface area contributed by atoms with Gasteiger partial charge in [-0.1, -0.05) is 17.7 Å². The minimum absolute atomic E-state index is 0.0963. The van der Waals surface area contributed by atoms with E-state index >= 15 is 0 Å². The van der Waals surface area contributed by atoms with Crippen LogP contribution in [-0.2, 0) is 0 Å². The summed E-state index contributed by atoms with van der Waals surface area (Å²) in [7, 11) is 3.10. The zero-order valence-corrected chi connectivity index (χ0v) is 18.6. The van der Waals surface area contributed by atoms with Gasteiger partial charge in [0.2, 0.25) is 0 Å². The van der Waals surface area contributed by atoms with E-state index in [1.807, 2.05) is 0 Å². The van der Waals surface area contributed by atoms with Crippen LogP contribution >= 0.6 is 11.6 Å². The van der Waals surface area contributed by atoms with E-state index in [9.17, 15) is 9.59 Å². The van der Waals surface area contributed by atoms with Crippen LogP contribution in [-0.4, -0.2) is 61.0 Å². The van der Waals surface area contributed by atoms with E-state index in [0.717, 1.165) is 0 Å². The summed E-state index contributed by atoms with van der Waals surface area (Å²) in [6.45, 7) is 2.22. The van der Waals surface area contributed by atoms with E-state index in [2.05, 4.69) is 10.00 Å². The molecule has 166 valence electrons. The number of amides is 1. The van der Waals surface area contributed by atoms with Crippen LogP contribution in [0.4, 0.5) is 5.82 Å². The molecule has 0 spiro atoms. The lowest BCUT2D eigenvalue weighted by molar-refractivity contribution is 0.0743. The zero-order valence-electron chi connectivity index (χ0n) is 17.8. The molecule has 2 aromatic carbocycles. The Bertz CT molecular complexity index is 1190. The van der Waals surface area contributed by atoms with E-state index in [4.69, 9.17) is 21.1 Å². The highest BCUT2D eigenvalue weighted by atomic mass is 35.5. The number of carbonyl (C=O) groups excluding carboxylic acids is 1. The highest BCUT2D eigenvalue weighted by Crippen LogP contribution is 2.26. The minimum Gasteiger partial charge on any atom is -0.497 e. The Morgan fingerprint density at radius 1 is 0.969 bits per heavy atom. The molecule has 0 aliphatic carbocycles. The van der Waals surface area contributed by atoms with Crippen molar-refractivity contribution in [2.24, 2.45) is 0 Å². The number of ether oxygens (including phenoxy) is 2. The summed E-state index contributed by atoms with van der Waals surface area (Å²) in [4.78, 5) is 29.2. The fraction of sp³-hybridized carbons (Fsp3) is 0.261. The van der Waals surface area contributed by atoms with Crippen molar-refractivity contribution in [1.82, 2.24) is 14.7 Å². The van der Waals surface area contributed by atoms with Crippen LogP contribution in [0.3, 0.4) is 0 Å². The van der Waals surface area contributed by atoms with Crippen molar-refractivity contribution in [2.45, 2.75) is 0 Å². The molecule has 1 aromatic heterocycles. The molecule has 0 N–H and O–H groups in total. The molecular weight excluding hydrogens is 432 g/mol. The van der Waals surface area contributed by atoms with Gasteiger partial charge in [0, 0.05) is 43.3 Å².